The number of piperazine rings is 1. The fourth-order valence-electron chi connectivity index (χ4n) is 2.38. The summed E-state index contributed by atoms with van der Waals surface area (Å²) in [5.74, 6) is 0. The van der Waals surface area contributed by atoms with Gasteiger partial charge in [-0.15, -0.1) is 0 Å². The van der Waals surface area contributed by atoms with Gasteiger partial charge in [-0.1, -0.05) is 5.16 Å². The number of hydrogen-bond acceptors (Lipinski definition) is 6. The van der Waals surface area contributed by atoms with Gasteiger partial charge in [0.2, 0.25) is 10.0 Å². The second-order valence-electron chi connectivity index (χ2n) is 4.96. The van der Waals surface area contributed by atoms with E-state index in [-0.39, 0.29) is 10.9 Å². The molecule has 0 bridgehead atoms. The number of hydrogen-bond donors (Lipinski definition) is 1. The van der Waals surface area contributed by atoms with Gasteiger partial charge in [-0.2, -0.15) is 4.31 Å². The van der Waals surface area contributed by atoms with Crippen LogP contribution in [-0.2, 0) is 10.0 Å². The first kappa shape index (κ1) is 13.5. The van der Waals surface area contributed by atoms with Gasteiger partial charge in [0.15, 0.2) is 0 Å². The van der Waals surface area contributed by atoms with Crippen molar-refractivity contribution < 1.29 is 12.9 Å². The van der Waals surface area contributed by atoms with Crippen molar-refractivity contribution in [1.29, 1.82) is 0 Å². The molecule has 1 aliphatic rings. The maximum Gasteiger partial charge on any atom is 0.257 e. The van der Waals surface area contributed by atoms with E-state index < -0.39 is 10.0 Å². The lowest BCUT2D eigenvalue weighted by molar-refractivity contribution is 0.284. The van der Waals surface area contributed by atoms with Crippen LogP contribution in [0.2, 0.25) is 0 Å². The Bertz CT molecular complexity index is 740. The van der Waals surface area contributed by atoms with Gasteiger partial charge in [0, 0.05) is 25.7 Å². The van der Waals surface area contributed by atoms with Gasteiger partial charge < -0.3 is 9.84 Å². The molecule has 0 aromatic carbocycles. The SMILES string of the molecule is Cc1noc2ncc(S(=O)(=O)N3CCNCC3C)cc12. The summed E-state index contributed by atoms with van der Waals surface area (Å²) in [6.07, 6.45) is 1.33. The van der Waals surface area contributed by atoms with Crippen LogP contribution in [0.4, 0.5) is 0 Å². The van der Waals surface area contributed by atoms with E-state index >= 15 is 0 Å². The third kappa shape index (κ3) is 2.09. The second kappa shape index (κ2) is 4.80. The summed E-state index contributed by atoms with van der Waals surface area (Å²) in [4.78, 5) is 4.22. The summed E-state index contributed by atoms with van der Waals surface area (Å²) in [5.41, 5.74) is 0.993. The van der Waals surface area contributed by atoms with E-state index in [0.29, 0.717) is 36.4 Å². The Morgan fingerprint density at radius 1 is 1.50 bits per heavy atom. The monoisotopic (exact) mass is 296 g/mol. The van der Waals surface area contributed by atoms with E-state index in [9.17, 15) is 8.42 Å². The van der Waals surface area contributed by atoms with Crippen LogP contribution in [0, 0.1) is 6.92 Å². The van der Waals surface area contributed by atoms with Crippen LogP contribution in [-0.4, -0.2) is 48.5 Å². The minimum atomic E-state index is -3.54. The molecular weight excluding hydrogens is 280 g/mol. The zero-order chi connectivity index (χ0) is 14.3. The van der Waals surface area contributed by atoms with Gasteiger partial charge in [-0.3, -0.25) is 0 Å². The van der Waals surface area contributed by atoms with E-state index in [4.69, 9.17) is 4.52 Å². The van der Waals surface area contributed by atoms with Gasteiger partial charge in [-0.25, -0.2) is 13.4 Å². The van der Waals surface area contributed by atoms with Gasteiger partial charge in [0.05, 0.1) is 17.3 Å². The minimum absolute atomic E-state index is 0.0759. The quantitative estimate of drug-likeness (QED) is 0.869. The fraction of sp³-hybridized carbons (Fsp3) is 0.500. The number of pyridine rings is 1. The third-order valence-electron chi connectivity index (χ3n) is 3.53. The molecule has 0 radical (unpaired) electrons. The van der Waals surface area contributed by atoms with E-state index in [0.717, 1.165) is 0 Å². The molecule has 2 aromatic rings. The molecule has 108 valence electrons. The number of aryl methyl sites for hydroxylation is 1. The number of aromatic nitrogens is 2. The van der Waals surface area contributed by atoms with Crippen LogP contribution in [0.3, 0.4) is 0 Å². The van der Waals surface area contributed by atoms with Crippen molar-refractivity contribution in [2.24, 2.45) is 0 Å². The number of fused-ring (bicyclic) bond motifs is 1. The highest BCUT2D eigenvalue weighted by atomic mass is 32.2. The topological polar surface area (TPSA) is 88.3 Å². The molecule has 2 aromatic heterocycles. The molecule has 1 N–H and O–H groups in total. The predicted molar refractivity (Wildman–Crippen MR) is 72.8 cm³/mol. The molecule has 0 aliphatic carbocycles. The molecule has 0 saturated carbocycles. The summed E-state index contributed by atoms with van der Waals surface area (Å²) in [6, 6.07) is 1.51. The van der Waals surface area contributed by atoms with Crippen molar-refractivity contribution in [1.82, 2.24) is 19.8 Å². The molecule has 1 aliphatic heterocycles. The number of nitrogens with one attached hydrogen (secondary N) is 1. The highest BCUT2D eigenvalue weighted by molar-refractivity contribution is 7.89. The standard InChI is InChI=1S/C12H16N4O3S/c1-8-6-13-3-4-16(8)20(17,18)10-5-11-9(2)15-19-12(11)14-7-10/h5,7-8,13H,3-4,6H2,1-2H3. The molecule has 7 nitrogen and oxygen atoms in total. The fourth-order valence-corrected chi connectivity index (χ4v) is 3.99. The summed E-state index contributed by atoms with van der Waals surface area (Å²) >= 11 is 0. The summed E-state index contributed by atoms with van der Waals surface area (Å²) < 4.78 is 31.9. The largest absolute Gasteiger partial charge is 0.336 e. The van der Waals surface area contributed by atoms with Crippen LogP contribution >= 0.6 is 0 Å². The molecule has 8 heteroatoms. The Morgan fingerprint density at radius 3 is 3.05 bits per heavy atom. The number of rotatable bonds is 2. The predicted octanol–water partition coefficient (Wildman–Crippen LogP) is 0.514. The molecule has 3 rings (SSSR count). The Morgan fingerprint density at radius 2 is 2.30 bits per heavy atom. The first-order chi connectivity index (χ1) is 9.50. The zero-order valence-electron chi connectivity index (χ0n) is 11.3. The average molecular weight is 296 g/mol. The molecule has 0 spiro atoms. The normalized spacial score (nSPS) is 21.4. The Balaban J connectivity index is 2.06. The molecule has 1 fully saturated rings. The minimum Gasteiger partial charge on any atom is -0.336 e. The maximum absolute atomic E-state index is 12.7. The number of sulfonamides is 1. The van der Waals surface area contributed by atoms with Gasteiger partial charge in [0.1, 0.15) is 4.90 Å². The smallest absolute Gasteiger partial charge is 0.257 e. The highest BCUT2D eigenvalue weighted by Crippen LogP contribution is 2.23. The maximum atomic E-state index is 12.7. The molecule has 20 heavy (non-hydrogen) atoms. The van der Waals surface area contributed by atoms with Crippen LogP contribution in [0.5, 0.6) is 0 Å². The van der Waals surface area contributed by atoms with Gasteiger partial charge >= 0.3 is 0 Å². The lowest BCUT2D eigenvalue weighted by Crippen LogP contribution is -2.52. The van der Waals surface area contributed by atoms with Crippen LogP contribution in [0.25, 0.3) is 11.1 Å². The zero-order valence-corrected chi connectivity index (χ0v) is 12.1. The van der Waals surface area contributed by atoms with Crippen molar-refractivity contribution in [2.75, 3.05) is 19.6 Å². The van der Waals surface area contributed by atoms with Gasteiger partial charge in [-0.05, 0) is 19.9 Å². The molecule has 0 amide bonds. The van der Waals surface area contributed by atoms with Crippen LogP contribution in [0.15, 0.2) is 21.7 Å². The molecule has 1 atom stereocenters. The lowest BCUT2D eigenvalue weighted by atomic mass is 10.3. The van der Waals surface area contributed by atoms with Gasteiger partial charge in [0.25, 0.3) is 5.71 Å². The van der Waals surface area contributed by atoms with Crippen LogP contribution in [0.1, 0.15) is 12.6 Å². The lowest BCUT2D eigenvalue weighted by Gasteiger charge is -2.32. The first-order valence-electron chi connectivity index (χ1n) is 6.45. The highest BCUT2D eigenvalue weighted by Gasteiger charge is 2.31. The summed E-state index contributed by atoms with van der Waals surface area (Å²) in [7, 11) is -3.54. The number of nitrogens with zero attached hydrogens (tertiary/aromatic N) is 3. The van der Waals surface area contributed by atoms with Crippen molar-refractivity contribution in [2.45, 2.75) is 24.8 Å². The second-order valence-corrected chi connectivity index (χ2v) is 6.85. The average Bonchev–Trinajstić information content (AvgIpc) is 2.80. The van der Waals surface area contributed by atoms with E-state index in [2.05, 4.69) is 15.5 Å². The van der Waals surface area contributed by atoms with Crippen molar-refractivity contribution in [3.05, 3.63) is 18.0 Å². The first-order valence-corrected chi connectivity index (χ1v) is 7.89. The summed E-state index contributed by atoms with van der Waals surface area (Å²) in [6.45, 7) is 5.43. The van der Waals surface area contributed by atoms with E-state index in [1.54, 1.807) is 13.0 Å². The van der Waals surface area contributed by atoms with E-state index in [1.807, 2.05) is 6.92 Å². The third-order valence-corrected chi connectivity index (χ3v) is 5.51. The summed E-state index contributed by atoms with van der Waals surface area (Å²) in [5, 5.41) is 7.60. The van der Waals surface area contributed by atoms with Crippen molar-refractivity contribution in [3.63, 3.8) is 0 Å². The molecule has 1 unspecified atom stereocenters. The van der Waals surface area contributed by atoms with Crippen molar-refractivity contribution >= 4 is 21.1 Å². The Hall–Kier alpha value is -1.51. The molecule has 1 saturated heterocycles. The Kier molecular flexibility index (Phi) is 3.23. The van der Waals surface area contributed by atoms with Crippen molar-refractivity contribution in [3.8, 4) is 0 Å². The van der Waals surface area contributed by atoms with E-state index in [1.165, 1.54) is 10.5 Å². The Labute approximate surface area is 117 Å². The van der Waals surface area contributed by atoms with Crippen LogP contribution < -0.4 is 5.32 Å². The molecule has 3 heterocycles. The molecular formula is C12H16N4O3S.